The predicted molar refractivity (Wildman–Crippen MR) is 99.8 cm³/mol. The Hall–Kier alpha value is -2.72. The van der Waals surface area contributed by atoms with Crippen LogP contribution in [-0.4, -0.2) is 11.6 Å². The lowest BCUT2D eigenvalue weighted by Gasteiger charge is -2.05. The third-order valence-electron chi connectivity index (χ3n) is 4.08. The normalized spacial score (nSPS) is 12.6. The van der Waals surface area contributed by atoms with E-state index in [-0.39, 0.29) is 5.91 Å². The maximum atomic E-state index is 12.1. The van der Waals surface area contributed by atoms with E-state index in [4.69, 9.17) is 4.99 Å². The largest absolute Gasteiger partial charge is 0.321 e. The zero-order chi connectivity index (χ0) is 16.5. The first kappa shape index (κ1) is 14.8. The van der Waals surface area contributed by atoms with E-state index in [1.807, 2.05) is 41.8 Å². The van der Waals surface area contributed by atoms with Gasteiger partial charge in [0.1, 0.15) is 0 Å². The summed E-state index contributed by atoms with van der Waals surface area (Å²) in [5, 5.41) is 4.82. The fraction of sp³-hybridized carbons (Fsp3) is 0.100. The van der Waals surface area contributed by atoms with Crippen LogP contribution in [0.4, 0.5) is 11.4 Å². The number of rotatable bonds is 3. The summed E-state index contributed by atoms with van der Waals surface area (Å²) >= 11 is 1.44. The maximum Gasteiger partial charge on any atom is 0.265 e. The van der Waals surface area contributed by atoms with Crippen LogP contribution in [0.15, 0.2) is 65.0 Å². The summed E-state index contributed by atoms with van der Waals surface area (Å²) in [6.07, 6.45) is 0.858. The van der Waals surface area contributed by atoms with Gasteiger partial charge in [0.05, 0.1) is 16.3 Å². The standard InChI is InChI=1S/C20H16N2OS/c1-13-4-5-15-12-18(22-17(15)11-13)14-6-8-16(9-7-14)21-20(23)19-3-2-10-24-19/h2-11H,12H2,1H3,(H,21,23). The molecule has 2 aromatic carbocycles. The van der Waals surface area contributed by atoms with Crippen molar-refractivity contribution in [3.05, 3.63) is 81.5 Å². The molecule has 4 rings (SSSR count). The molecule has 3 aromatic rings. The van der Waals surface area contributed by atoms with Gasteiger partial charge in [-0.05, 0) is 53.3 Å². The highest BCUT2D eigenvalue weighted by Crippen LogP contribution is 2.30. The molecule has 0 unspecified atom stereocenters. The van der Waals surface area contributed by atoms with Gasteiger partial charge in [-0.3, -0.25) is 9.79 Å². The molecule has 1 aliphatic heterocycles. The lowest BCUT2D eigenvalue weighted by Crippen LogP contribution is -2.10. The number of nitrogens with one attached hydrogen (secondary N) is 1. The second kappa shape index (κ2) is 6.06. The lowest BCUT2D eigenvalue weighted by atomic mass is 10.0. The van der Waals surface area contributed by atoms with Crippen molar-refractivity contribution in [2.45, 2.75) is 13.3 Å². The molecule has 0 atom stereocenters. The molecule has 3 nitrogen and oxygen atoms in total. The molecule has 1 aliphatic rings. The van der Waals surface area contributed by atoms with Gasteiger partial charge >= 0.3 is 0 Å². The molecule has 0 aliphatic carbocycles. The molecule has 4 heteroatoms. The Bertz CT molecular complexity index is 925. The molecular weight excluding hydrogens is 316 g/mol. The summed E-state index contributed by atoms with van der Waals surface area (Å²) < 4.78 is 0. The zero-order valence-corrected chi connectivity index (χ0v) is 14.1. The number of nitrogens with zero attached hydrogens (tertiary/aromatic N) is 1. The van der Waals surface area contributed by atoms with E-state index >= 15 is 0 Å². The van der Waals surface area contributed by atoms with Crippen LogP contribution in [-0.2, 0) is 6.42 Å². The molecule has 0 saturated carbocycles. The summed E-state index contributed by atoms with van der Waals surface area (Å²) in [5.41, 5.74) is 6.53. The van der Waals surface area contributed by atoms with Crippen molar-refractivity contribution in [3.8, 4) is 0 Å². The van der Waals surface area contributed by atoms with E-state index in [0.29, 0.717) is 4.88 Å². The Morgan fingerprint density at radius 2 is 1.96 bits per heavy atom. The van der Waals surface area contributed by atoms with Crippen LogP contribution in [0.25, 0.3) is 0 Å². The van der Waals surface area contributed by atoms with Crippen molar-refractivity contribution in [2.24, 2.45) is 4.99 Å². The Balaban J connectivity index is 1.51. The van der Waals surface area contributed by atoms with Crippen LogP contribution in [0.1, 0.15) is 26.4 Å². The third-order valence-corrected chi connectivity index (χ3v) is 4.94. The number of carbonyl (C=O) groups is 1. The molecule has 1 N–H and O–H groups in total. The molecule has 0 spiro atoms. The number of benzene rings is 2. The van der Waals surface area contributed by atoms with Gasteiger partial charge in [0.15, 0.2) is 0 Å². The quantitative estimate of drug-likeness (QED) is 0.721. The van der Waals surface area contributed by atoms with Crippen molar-refractivity contribution in [1.29, 1.82) is 0 Å². The molecule has 118 valence electrons. The molecule has 1 amide bonds. The topological polar surface area (TPSA) is 41.5 Å². The summed E-state index contributed by atoms with van der Waals surface area (Å²) in [5.74, 6) is -0.0705. The SMILES string of the molecule is Cc1ccc2c(c1)N=C(c1ccc(NC(=O)c3cccs3)cc1)C2. The number of hydrogen-bond acceptors (Lipinski definition) is 3. The molecule has 0 bridgehead atoms. The fourth-order valence-corrected chi connectivity index (χ4v) is 3.42. The highest BCUT2D eigenvalue weighted by atomic mass is 32.1. The number of anilines is 1. The molecular formula is C20H16N2OS. The highest BCUT2D eigenvalue weighted by Gasteiger charge is 2.16. The molecule has 0 radical (unpaired) electrons. The Kier molecular flexibility index (Phi) is 3.75. The average molecular weight is 332 g/mol. The van der Waals surface area contributed by atoms with E-state index in [9.17, 15) is 4.79 Å². The van der Waals surface area contributed by atoms with Crippen molar-refractivity contribution < 1.29 is 4.79 Å². The van der Waals surface area contributed by atoms with Gasteiger partial charge in [-0.2, -0.15) is 0 Å². The minimum absolute atomic E-state index is 0.0705. The van der Waals surface area contributed by atoms with Gasteiger partial charge in [0.2, 0.25) is 0 Å². The third kappa shape index (κ3) is 2.88. The minimum Gasteiger partial charge on any atom is -0.321 e. The maximum absolute atomic E-state index is 12.1. The van der Waals surface area contributed by atoms with Crippen LogP contribution in [0.3, 0.4) is 0 Å². The van der Waals surface area contributed by atoms with Crippen molar-refractivity contribution in [2.75, 3.05) is 5.32 Å². The molecule has 24 heavy (non-hydrogen) atoms. The molecule has 2 heterocycles. The summed E-state index contributed by atoms with van der Waals surface area (Å²) in [4.78, 5) is 17.5. The van der Waals surface area contributed by atoms with Crippen LogP contribution >= 0.6 is 11.3 Å². The predicted octanol–water partition coefficient (Wildman–Crippen LogP) is 4.99. The number of amides is 1. The molecule has 0 fully saturated rings. The smallest absolute Gasteiger partial charge is 0.265 e. The van der Waals surface area contributed by atoms with E-state index in [1.54, 1.807) is 0 Å². The lowest BCUT2D eigenvalue weighted by molar-refractivity contribution is 0.103. The van der Waals surface area contributed by atoms with Gasteiger partial charge in [0, 0.05) is 12.1 Å². The van der Waals surface area contributed by atoms with Gasteiger partial charge in [-0.25, -0.2) is 0 Å². The zero-order valence-electron chi connectivity index (χ0n) is 13.2. The first-order chi connectivity index (χ1) is 11.7. The van der Waals surface area contributed by atoms with Crippen LogP contribution in [0.5, 0.6) is 0 Å². The number of aryl methyl sites for hydroxylation is 1. The fourth-order valence-electron chi connectivity index (χ4n) is 2.81. The number of thiophene rings is 1. The van der Waals surface area contributed by atoms with E-state index in [0.717, 1.165) is 29.1 Å². The van der Waals surface area contributed by atoms with Gasteiger partial charge in [-0.15, -0.1) is 11.3 Å². The summed E-state index contributed by atoms with van der Waals surface area (Å²) in [6, 6.07) is 18.0. The van der Waals surface area contributed by atoms with Crippen molar-refractivity contribution in [3.63, 3.8) is 0 Å². The first-order valence-corrected chi connectivity index (χ1v) is 8.69. The van der Waals surface area contributed by atoms with E-state index in [2.05, 4.69) is 30.4 Å². The number of aliphatic imine (C=N–C) groups is 1. The molecule has 0 saturated heterocycles. The van der Waals surface area contributed by atoms with Crippen LogP contribution in [0.2, 0.25) is 0 Å². The second-order valence-electron chi connectivity index (χ2n) is 5.88. The summed E-state index contributed by atoms with van der Waals surface area (Å²) in [6.45, 7) is 2.08. The highest BCUT2D eigenvalue weighted by molar-refractivity contribution is 7.12. The van der Waals surface area contributed by atoms with E-state index < -0.39 is 0 Å². The van der Waals surface area contributed by atoms with E-state index in [1.165, 1.54) is 22.5 Å². The number of carbonyl (C=O) groups excluding carboxylic acids is 1. The van der Waals surface area contributed by atoms with Crippen molar-refractivity contribution >= 4 is 34.3 Å². The summed E-state index contributed by atoms with van der Waals surface area (Å²) in [7, 11) is 0. The van der Waals surface area contributed by atoms with Gasteiger partial charge in [-0.1, -0.05) is 30.3 Å². The Morgan fingerprint density at radius 1 is 1.12 bits per heavy atom. The monoisotopic (exact) mass is 332 g/mol. The number of fused-ring (bicyclic) bond motifs is 1. The van der Waals surface area contributed by atoms with Crippen molar-refractivity contribution in [1.82, 2.24) is 0 Å². The Labute approximate surface area is 144 Å². The number of hydrogen-bond donors (Lipinski definition) is 1. The molecule has 1 aromatic heterocycles. The van der Waals surface area contributed by atoms with Crippen LogP contribution in [0, 0.1) is 6.92 Å². The first-order valence-electron chi connectivity index (χ1n) is 7.81. The average Bonchev–Trinajstić information content (AvgIpc) is 3.24. The second-order valence-corrected chi connectivity index (χ2v) is 6.82. The van der Waals surface area contributed by atoms with Crippen LogP contribution < -0.4 is 5.32 Å². The van der Waals surface area contributed by atoms with Gasteiger partial charge < -0.3 is 5.32 Å². The van der Waals surface area contributed by atoms with Gasteiger partial charge in [0.25, 0.3) is 5.91 Å². The Morgan fingerprint density at radius 3 is 2.71 bits per heavy atom. The minimum atomic E-state index is -0.0705.